The molecule has 1 unspecified atom stereocenters. The van der Waals surface area contributed by atoms with Crippen LogP contribution in [0.5, 0.6) is 0 Å². The Kier molecular flexibility index (Phi) is 14.7. The van der Waals surface area contributed by atoms with Crippen molar-refractivity contribution in [3.8, 4) is 0 Å². The fourth-order valence-corrected chi connectivity index (χ4v) is 3.52. The van der Waals surface area contributed by atoms with Gasteiger partial charge in [-0.3, -0.25) is 4.79 Å². The molecular weight excluding hydrogens is 578 g/mol. The average Bonchev–Trinajstić information content (AvgIpc) is 2.62. The Morgan fingerprint density at radius 1 is 1.21 bits per heavy atom. The van der Waals surface area contributed by atoms with Gasteiger partial charge in [0.25, 0.3) is 0 Å². The molecule has 3 nitrogen and oxygen atoms in total. The highest BCUT2D eigenvalue weighted by Crippen LogP contribution is 2.42. The lowest BCUT2D eigenvalue weighted by atomic mass is 9.71. The van der Waals surface area contributed by atoms with Crippen molar-refractivity contribution in [1.29, 1.82) is 0 Å². The van der Waals surface area contributed by atoms with Crippen molar-refractivity contribution in [2.45, 2.75) is 73.3 Å². The molecule has 0 saturated heterocycles. The number of esters is 1. The largest absolute Gasteiger partial charge is 0.462 e. The second-order valence-corrected chi connectivity index (χ2v) is 7.91. The van der Waals surface area contributed by atoms with Crippen molar-refractivity contribution in [2.24, 2.45) is 5.41 Å². The van der Waals surface area contributed by atoms with Gasteiger partial charge in [-0.2, -0.15) is 0 Å². The standard InChI is InChI=1S/C23H36O3.I2/c1-17(14-16-26-20(4)24)10-13-22(25-7)19(3)11-12-21-18(2)9-8-15-23(21,5)6;1-2/h10-11,13-14,22H,8-9,12,15-16H2,1-7H3;/b13-10+,17-14+,19-11-;. The lowest BCUT2D eigenvalue weighted by Gasteiger charge is -2.34. The molecule has 1 atom stereocenters. The monoisotopic (exact) mass is 614 g/mol. The van der Waals surface area contributed by atoms with E-state index in [9.17, 15) is 4.79 Å². The van der Waals surface area contributed by atoms with Gasteiger partial charge >= 0.3 is 5.97 Å². The Balaban J connectivity index is 0.00000352. The van der Waals surface area contributed by atoms with Gasteiger partial charge in [-0.05, 0) is 63.5 Å². The second-order valence-electron chi connectivity index (χ2n) is 7.91. The van der Waals surface area contributed by atoms with Crippen molar-refractivity contribution in [2.75, 3.05) is 13.7 Å². The highest BCUT2D eigenvalue weighted by molar-refractivity contribution is 15.0. The van der Waals surface area contributed by atoms with Crippen LogP contribution < -0.4 is 0 Å². The minimum absolute atomic E-state index is 0.0420. The SMILES string of the molecule is COC(/C=C/C(C)=C/COC(C)=O)/C(C)=C\CC1=C(C)CCCC1(C)C.II. The molecule has 1 aliphatic rings. The van der Waals surface area contributed by atoms with Gasteiger partial charge in [0.2, 0.25) is 0 Å². The average molecular weight is 614 g/mol. The summed E-state index contributed by atoms with van der Waals surface area (Å²) in [6.07, 6.45) is 13.0. The van der Waals surface area contributed by atoms with Crippen LogP contribution in [0.25, 0.3) is 0 Å². The summed E-state index contributed by atoms with van der Waals surface area (Å²) in [6, 6.07) is 0. The minimum Gasteiger partial charge on any atom is -0.462 e. The number of rotatable bonds is 8. The van der Waals surface area contributed by atoms with Crippen LogP contribution in [-0.4, -0.2) is 25.8 Å². The number of hydrogen-bond donors (Lipinski definition) is 0. The van der Waals surface area contributed by atoms with Gasteiger partial charge in [-0.1, -0.05) is 48.8 Å². The first kappa shape index (κ1) is 27.8. The van der Waals surface area contributed by atoms with Crippen molar-refractivity contribution in [3.05, 3.63) is 46.6 Å². The normalized spacial score (nSPS) is 18.6. The third kappa shape index (κ3) is 10.6. The van der Waals surface area contributed by atoms with E-state index >= 15 is 0 Å². The molecular formula is C23H36I2O3. The lowest BCUT2D eigenvalue weighted by molar-refractivity contribution is -0.139. The summed E-state index contributed by atoms with van der Waals surface area (Å²) >= 11 is 4.24. The first-order valence-electron chi connectivity index (χ1n) is 9.68. The lowest BCUT2D eigenvalue weighted by Crippen LogP contribution is -2.20. The molecule has 0 aromatic carbocycles. The Labute approximate surface area is 195 Å². The van der Waals surface area contributed by atoms with Crippen LogP contribution in [0.2, 0.25) is 0 Å². The number of allylic oxidation sites excluding steroid dienone is 5. The van der Waals surface area contributed by atoms with E-state index in [-0.39, 0.29) is 12.1 Å². The fraction of sp³-hybridized carbons (Fsp3) is 0.609. The van der Waals surface area contributed by atoms with E-state index in [0.717, 1.165) is 12.0 Å². The topological polar surface area (TPSA) is 35.5 Å². The summed E-state index contributed by atoms with van der Waals surface area (Å²) in [5.74, 6) is -0.262. The molecule has 0 aliphatic heterocycles. The first-order valence-corrected chi connectivity index (χ1v) is 16.0. The third-order valence-electron chi connectivity index (χ3n) is 5.24. The number of carbonyl (C=O) groups excluding carboxylic acids is 1. The van der Waals surface area contributed by atoms with Crippen LogP contribution in [0.1, 0.15) is 67.2 Å². The van der Waals surface area contributed by atoms with E-state index in [1.807, 2.05) is 19.1 Å². The van der Waals surface area contributed by atoms with Gasteiger partial charge in [0.1, 0.15) is 6.61 Å². The van der Waals surface area contributed by atoms with Gasteiger partial charge in [-0.25, -0.2) is 0 Å². The van der Waals surface area contributed by atoms with Crippen LogP contribution in [0.4, 0.5) is 0 Å². The van der Waals surface area contributed by atoms with Gasteiger partial charge in [0, 0.05) is 51.3 Å². The molecule has 0 amide bonds. The molecule has 0 aromatic heterocycles. The maximum absolute atomic E-state index is 10.8. The summed E-state index contributed by atoms with van der Waals surface area (Å²) in [4.78, 5) is 10.8. The predicted molar refractivity (Wildman–Crippen MR) is 137 cm³/mol. The van der Waals surface area contributed by atoms with Crippen molar-refractivity contribution < 1.29 is 14.3 Å². The van der Waals surface area contributed by atoms with Gasteiger partial charge < -0.3 is 9.47 Å². The second kappa shape index (κ2) is 14.8. The Morgan fingerprint density at radius 3 is 2.39 bits per heavy atom. The smallest absolute Gasteiger partial charge is 0.302 e. The summed E-state index contributed by atoms with van der Waals surface area (Å²) in [7, 11) is 1.74. The molecule has 0 heterocycles. The molecule has 0 spiro atoms. The summed E-state index contributed by atoms with van der Waals surface area (Å²) in [5.41, 5.74) is 5.71. The van der Waals surface area contributed by atoms with Crippen LogP contribution in [0.3, 0.4) is 0 Å². The molecule has 0 fully saturated rings. The summed E-state index contributed by atoms with van der Waals surface area (Å²) < 4.78 is 10.6. The number of methoxy groups -OCH3 is 1. The molecule has 1 rings (SSSR count). The maximum atomic E-state index is 10.8. The molecule has 0 aromatic rings. The number of carbonyl (C=O) groups is 1. The summed E-state index contributed by atoms with van der Waals surface area (Å²) in [6.45, 7) is 12.8. The van der Waals surface area contributed by atoms with E-state index in [2.05, 4.69) is 77.1 Å². The minimum atomic E-state index is -0.262. The van der Waals surface area contributed by atoms with Crippen LogP contribution in [-0.2, 0) is 14.3 Å². The Hall–Kier alpha value is -0.150. The van der Waals surface area contributed by atoms with E-state index in [1.54, 1.807) is 18.3 Å². The summed E-state index contributed by atoms with van der Waals surface area (Å²) in [5, 5.41) is 0. The number of halogens is 2. The highest BCUT2D eigenvalue weighted by Gasteiger charge is 2.27. The third-order valence-corrected chi connectivity index (χ3v) is 5.24. The quantitative estimate of drug-likeness (QED) is 0.122. The number of hydrogen-bond acceptors (Lipinski definition) is 3. The van der Waals surface area contributed by atoms with E-state index in [0.29, 0.717) is 12.0 Å². The molecule has 5 heteroatoms. The Morgan fingerprint density at radius 2 is 1.86 bits per heavy atom. The molecule has 0 N–H and O–H groups in total. The zero-order chi connectivity index (χ0) is 21.7. The Bertz CT molecular complexity index is 613. The van der Waals surface area contributed by atoms with Crippen LogP contribution in [0.15, 0.2) is 46.6 Å². The van der Waals surface area contributed by atoms with Crippen molar-refractivity contribution >= 4 is 43.2 Å². The fourth-order valence-electron chi connectivity index (χ4n) is 3.52. The highest BCUT2D eigenvalue weighted by atomic mass is 128. The first-order chi connectivity index (χ1) is 13.2. The molecule has 0 saturated carbocycles. The predicted octanol–water partition coefficient (Wildman–Crippen LogP) is 7.70. The van der Waals surface area contributed by atoms with E-state index < -0.39 is 0 Å². The maximum Gasteiger partial charge on any atom is 0.302 e. The molecule has 0 bridgehead atoms. The zero-order valence-electron chi connectivity index (χ0n) is 18.4. The molecule has 0 radical (unpaired) electrons. The van der Waals surface area contributed by atoms with E-state index in [4.69, 9.17) is 9.47 Å². The van der Waals surface area contributed by atoms with Crippen LogP contribution >= 0.6 is 37.2 Å². The molecule has 1 aliphatic carbocycles. The number of ether oxygens (including phenoxy) is 2. The molecule has 28 heavy (non-hydrogen) atoms. The van der Waals surface area contributed by atoms with E-state index in [1.165, 1.54) is 31.8 Å². The van der Waals surface area contributed by atoms with Gasteiger partial charge in [-0.15, -0.1) is 0 Å². The van der Waals surface area contributed by atoms with Gasteiger partial charge in [0.05, 0.1) is 6.10 Å². The zero-order valence-corrected chi connectivity index (χ0v) is 22.7. The van der Waals surface area contributed by atoms with Crippen molar-refractivity contribution in [3.63, 3.8) is 0 Å². The van der Waals surface area contributed by atoms with Crippen molar-refractivity contribution in [1.82, 2.24) is 0 Å². The van der Waals surface area contributed by atoms with Crippen LogP contribution in [0, 0.1) is 5.41 Å². The van der Waals surface area contributed by atoms with Gasteiger partial charge in [0.15, 0.2) is 0 Å². The molecule has 160 valence electrons.